The summed E-state index contributed by atoms with van der Waals surface area (Å²) in [6.45, 7) is 1.56. The second-order valence-corrected chi connectivity index (χ2v) is 9.91. The third kappa shape index (κ3) is 8.43. The van der Waals surface area contributed by atoms with Crippen molar-refractivity contribution in [2.75, 3.05) is 26.7 Å². The summed E-state index contributed by atoms with van der Waals surface area (Å²) in [4.78, 5) is 28.5. The number of hydrogen-bond donors (Lipinski definition) is 4. The van der Waals surface area contributed by atoms with Crippen LogP contribution in [0, 0.1) is 5.92 Å². The van der Waals surface area contributed by atoms with Gasteiger partial charge < -0.3 is 21.5 Å². The van der Waals surface area contributed by atoms with Gasteiger partial charge in [-0.3, -0.25) is 14.5 Å². The van der Waals surface area contributed by atoms with Crippen LogP contribution in [0.15, 0.2) is 54.6 Å². The molecule has 0 heterocycles. The van der Waals surface area contributed by atoms with Crippen molar-refractivity contribution >= 4 is 11.8 Å². The molecular formula is C29H42N4O3. The van der Waals surface area contributed by atoms with Gasteiger partial charge in [0, 0.05) is 26.2 Å². The van der Waals surface area contributed by atoms with Gasteiger partial charge in [0.25, 0.3) is 0 Å². The van der Waals surface area contributed by atoms with Crippen molar-refractivity contribution in [2.45, 2.75) is 63.6 Å². The normalized spacial score (nSPS) is 15.9. The first-order chi connectivity index (χ1) is 17.5. The van der Waals surface area contributed by atoms with Crippen LogP contribution in [0.1, 0.15) is 61.1 Å². The molecule has 3 rings (SSSR count). The Labute approximate surface area is 215 Å². The molecule has 7 heteroatoms. The minimum Gasteiger partial charge on any atom is -0.395 e. The summed E-state index contributed by atoms with van der Waals surface area (Å²) >= 11 is 0. The molecule has 0 saturated heterocycles. The van der Waals surface area contributed by atoms with E-state index in [1.165, 1.54) is 19.3 Å². The molecule has 0 aliphatic heterocycles. The fourth-order valence-electron chi connectivity index (χ4n) is 5.01. The fourth-order valence-corrected chi connectivity index (χ4v) is 5.01. The maximum Gasteiger partial charge on any atom is 0.237 e. The van der Waals surface area contributed by atoms with E-state index >= 15 is 0 Å². The molecule has 0 unspecified atom stereocenters. The van der Waals surface area contributed by atoms with Crippen LogP contribution in [0.5, 0.6) is 0 Å². The highest BCUT2D eigenvalue weighted by molar-refractivity contribution is 5.86. The first kappa shape index (κ1) is 27.8. The van der Waals surface area contributed by atoms with E-state index in [1.807, 2.05) is 66.5 Å². The molecule has 2 aromatic rings. The molecule has 0 spiro atoms. The number of rotatable bonds is 13. The first-order valence-electron chi connectivity index (χ1n) is 13.2. The zero-order valence-electron chi connectivity index (χ0n) is 21.5. The van der Waals surface area contributed by atoms with E-state index in [9.17, 15) is 14.7 Å². The molecule has 2 atom stereocenters. The summed E-state index contributed by atoms with van der Waals surface area (Å²) < 4.78 is 0. The average molecular weight is 495 g/mol. The molecule has 7 nitrogen and oxygen atoms in total. The standard InChI is InChI=1S/C29H42N4O3/c1-33(16-17-34)27(18-22-8-4-2-5-9-22)29(36)32-21-26(25-10-6-3-7-11-25)28(35)31-20-24-14-12-23(19-30)13-15-24/h3,6-7,10-15,22,26-27,34H,2,4-5,8-9,16-21,30H2,1H3,(H,31,35)(H,32,36)/t26-,27+/m0/s1. The predicted molar refractivity (Wildman–Crippen MR) is 143 cm³/mol. The number of nitrogens with two attached hydrogens (primary N) is 1. The van der Waals surface area contributed by atoms with Crippen molar-refractivity contribution in [3.8, 4) is 0 Å². The number of nitrogens with one attached hydrogen (secondary N) is 2. The third-order valence-electron chi connectivity index (χ3n) is 7.29. The molecule has 36 heavy (non-hydrogen) atoms. The van der Waals surface area contributed by atoms with Crippen LogP contribution >= 0.6 is 0 Å². The maximum atomic E-state index is 13.4. The van der Waals surface area contributed by atoms with Crippen molar-refractivity contribution in [1.82, 2.24) is 15.5 Å². The smallest absolute Gasteiger partial charge is 0.237 e. The Morgan fingerprint density at radius 3 is 2.28 bits per heavy atom. The lowest BCUT2D eigenvalue weighted by Gasteiger charge is -2.32. The Morgan fingerprint density at radius 1 is 0.972 bits per heavy atom. The van der Waals surface area contributed by atoms with Gasteiger partial charge in [-0.1, -0.05) is 86.7 Å². The highest BCUT2D eigenvalue weighted by Gasteiger charge is 2.29. The summed E-state index contributed by atoms with van der Waals surface area (Å²) in [5, 5.41) is 15.6. The zero-order valence-corrected chi connectivity index (χ0v) is 21.5. The predicted octanol–water partition coefficient (Wildman–Crippen LogP) is 2.92. The van der Waals surface area contributed by atoms with E-state index < -0.39 is 5.92 Å². The monoisotopic (exact) mass is 494 g/mol. The molecule has 1 saturated carbocycles. The molecule has 1 aliphatic rings. The van der Waals surface area contributed by atoms with Crippen LogP contribution in [0.2, 0.25) is 0 Å². The van der Waals surface area contributed by atoms with Gasteiger partial charge in [0.05, 0.1) is 18.6 Å². The van der Waals surface area contributed by atoms with Gasteiger partial charge in [-0.25, -0.2) is 0 Å². The van der Waals surface area contributed by atoms with Crippen LogP contribution in [0.25, 0.3) is 0 Å². The minimum atomic E-state index is -0.503. The van der Waals surface area contributed by atoms with Crippen LogP contribution in [0.4, 0.5) is 0 Å². The molecule has 1 aliphatic carbocycles. The largest absolute Gasteiger partial charge is 0.395 e. The van der Waals surface area contributed by atoms with E-state index in [-0.39, 0.29) is 31.0 Å². The minimum absolute atomic E-state index is 0.00620. The van der Waals surface area contributed by atoms with Gasteiger partial charge in [0.2, 0.25) is 11.8 Å². The van der Waals surface area contributed by atoms with Gasteiger partial charge in [-0.15, -0.1) is 0 Å². The van der Waals surface area contributed by atoms with Crippen molar-refractivity contribution in [1.29, 1.82) is 0 Å². The van der Waals surface area contributed by atoms with Crippen molar-refractivity contribution < 1.29 is 14.7 Å². The second kappa shape index (κ2) is 14.7. The first-order valence-corrected chi connectivity index (χ1v) is 13.2. The van der Waals surface area contributed by atoms with Gasteiger partial charge in [-0.05, 0) is 36.1 Å². The Bertz CT molecular complexity index is 929. The highest BCUT2D eigenvalue weighted by Crippen LogP contribution is 2.28. The van der Waals surface area contributed by atoms with Crippen molar-refractivity contribution in [3.05, 3.63) is 71.3 Å². The van der Waals surface area contributed by atoms with E-state index in [1.54, 1.807) is 0 Å². The molecule has 196 valence electrons. The Balaban J connectivity index is 1.66. The molecule has 0 bridgehead atoms. The molecule has 0 radical (unpaired) electrons. The van der Waals surface area contributed by atoms with Crippen LogP contribution < -0.4 is 16.4 Å². The summed E-state index contributed by atoms with van der Waals surface area (Å²) in [6.07, 6.45) is 6.78. The van der Waals surface area contributed by atoms with E-state index in [0.717, 1.165) is 36.0 Å². The summed E-state index contributed by atoms with van der Waals surface area (Å²) in [7, 11) is 1.89. The molecule has 2 amide bonds. The van der Waals surface area contributed by atoms with E-state index in [0.29, 0.717) is 25.6 Å². The number of likely N-dealkylation sites (N-methyl/N-ethyl adjacent to an activating group) is 1. The third-order valence-corrected chi connectivity index (χ3v) is 7.29. The summed E-state index contributed by atoms with van der Waals surface area (Å²) in [5.74, 6) is -0.189. The molecule has 0 aromatic heterocycles. The van der Waals surface area contributed by atoms with Crippen molar-refractivity contribution in [2.24, 2.45) is 11.7 Å². The lowest BCUT2D eigenvalue weighted by atomic mass is 9.84. The average Bonchev–Trinajstić information content (AvgIpc) is 2.92. The number of benzene rings is 2. The Morgan fingerprint density at radius 2 is 1.64 bits per heavy atom. The number of carbonyl (C=O) groups is 2. The highest BCUT2D eigenvalue weighted by atomic mass is 16.3. The van der Waals surface area contributed by atoms with Crippen LogP contribution in [0.3, 0.4) is 0 Å². The quantitative estimate of drug-likeness (QED) is 0.343. The number of aliphatic hydroxyl groups is 1. The summed E-state index contributed by atoms with van der Waals surface area (Å²) in [5.41, 5.74) is 8.58. The number of hydrogen-bond acceptors (Lipinski definition) is 5. The van der Waals surface area contributed by atoms with Gasteiger partial charge in [0.1, 0.15) is 0 Å². The fraction of sp³-hybridized carbons (Fsp3) is 0.517. The number of nitrogens with zero attached hydrogens (tertiary/aromatic N) is 1. The van der Waals surface area contributed by atoms with E-state index in [4.69, 9.17) is 5.73 Å². The van der Waals surface area contributed by atoms with Crippen LogP contribution in [-0.4, -0.2) is 54.6 Å². The maximum absolute atomic E-state index is 13.4. The Hall–Kier alpha value is -2.74. The number of amides is 2. The van der Waals surface area contributed by atoms with Crippen molar-refractivity contribution in [3.63, 3.8) is 0 Å². The van der Waals surface area contributed by atoms with Gasteiger partial charge >= 0.3 is 0 Å². The Kier molecular flexibility index (Phi) is 11.4. The zero-order chi connectivity index (χ0) is 25.8. The number of carbonyl (C=O) groups excluding carboxylic acids is 2. The van der Waals surface area contributed by atoms with E-state index in [2.05, 4.69) is 10.6 Å². The van der Waals surface area contributed by atoms with Crippen LogP contribution in [-0.2, 0) is 22.7 Å². The lowest BCUT2D eigenvalue weighted by Crippen LogP contribution is -2.49. The molecule has 2 aromatic carbocycles. The lowest BCUT2D eigenvalue weighted by molar-refractivity contribution is -0.127. The SMILES string of the molecule is CN(CCO)[C@H](CC1CCCCC1)C(=O)NC[C@H](C(=O)NCc1ccc(CN)cc1)c1ccccc1. The molecular weight excluding hydrogens is 452 g/mol. The van der Waals surface area contributed by atoms with Gasteiger partial charge in [0.15, 0.2) is 0 Å². The summed E-state index contributed by atoms with van der Waals surface area (Å²) in [6, 6.07) is 17.1. The molecule has 5 N–H and O–H groups in total. The topological polar surface area (TPSA) is 108 Å². The second-order valence-electron chi connectivity index (χ2n) is 9.91. The van der Waals surface area contributed by atoms with Gasteiger partial charge in [-0.2, -0.15) is 0 Å². The number of aliphatic hydroxyl groups excluding tert-OH is 1. The molecule has 1 fully saturated rings.